The molecule has 11 heteroatoms. The van der Waals surface area contributed by atoms with Crippen LogP contribution in [0.3, 0.4) is 0 Å². The summed E-state index contributed by atoms with van der Waals surface area (Å²) in [5.41, 5.74) is 0.972. The lowest BCUT2D eigenvalue weighted by atomic mass is 9.96. The number of amides is 1. The van der Waals surface area contributed by atoms with Gasteiger partial charge in [0.2, 0.25) is 0 Å². The topological polar surface area (TPSA) is 140 Å². The predicted octanol–water partition coefficient (Wildman–Crippen LogP) is 2.49. The molecule has 0 spiro atoms. The number of carbonyl (C=O) groups excluding carboxylic acids is 1. The van der Waals surface area contributed by atoms with E-state index in [2.05, 4.69) is 20.3 Å². The Kier molecular flexibility index (Phi) is 5.58. The van der Waals surface area contributed by atoms with Crippen molar-refractivity contribution in [3.05, 3.63) is 92.0 Å². The Morgan fingerprint density at radius 1 is 1.15 bits per heavy atom. The zero-order chi connectivity index (χ0) is 23.7. The molecule has 1 amide bonds. The first-order valence-corrected chi connectivity index (χ1v) is 10.9. The van der Waals surface area contributed by atoms with Crippen molar-refractivity contribution in [1.29, 1.82) is 0 Å². The van der Waals surface area contributed by atoms with Crippen molar-refractivity contribution in [2.24, 2.45) is 0 Å². The van der Waals surface area contributed by atoms with Crippen molar-refractivity contribution in [1.82, 2.24) is 29.9 Å². The van der Waals surface area contributed by atoms with E-state index < -0.39 is 10.8 Å². The van der Waals surface area contributed by atoms with Crippen LogP contribution in [0.1, 0.15) is 40.5 Å². The van der Waals surface area contributed by atoms with Crippen LogP contribution in [0.15, 0.2) is 59.4 Å². The molecular formula is C23H21N7O4. The van der Waals surface area contributed by atoms with Crippen molar-refractivity contribution in [3.63, 3.8) is 0 Å². The Morgan fingerprint density at radius 3 is 2.71 bits per heavy atom. The normalized spacial score (nSPS) is 16.0. The van der Waals surface area contributed by atoms with Crippen LogP contribution in [0.25, 0.3) is 11.2 Å². The molecule has 0 aliphatic carbocycles. The van der Waals surface area contributed by atoms with Gasteiger partial charge in [-0.3, -0.25) is 19.7 Å². The van der Waals surface area contributed by atoms with E-state index in [1.165, 1.54) is 18.2 Å². The average Bonchev–Trinajstić information content (AvgIpc) is 3.27. The van der Waals surface area contributed by atoms with Crippen LogP contribution < -0.4 is 5.56 Å². The number of nitro groups is 1. The number of nitrogens with zero attached hydrogens (tertiary/aromatic N) is 6. The molecule has 0 radical (unpaired) electrons. The van der Waals surface area contributed by atoms with Gasteiger partial charge in [0.25, 0.3) is 17.2 Å². The highest BCUT2D eigenvalue weighted by Gasteiger charge is 2.30. The number of fused-ring (bicyclic) bond motifs is 1. The summed E-state index contributed by atoms with van der Waals surface area (Å²) >= 11 is 0. The Labute approximate surface area is 193 Å². The van der Waals surface area contributed by atoms with Crippen molar-refractivity contribution in [2.75, 3.05) is 13.1 Å². The standard InChI is InChI=1S/C23H21N7O4/c31-22-19-21(29(27-26-19)13-15-7-2-1-3-8-15)24-20(25-22)16-9-6-12-28(14-16)23(32)17-10-4-5-11-18(17)30(33)34/h1-5,7-8,10-11,16H,6,9,12-14H2,(H,24,25,31)/t16-/m0/s1. The fraction of sp³-hybridized carbons (Fsp3) is 0.261. The van der Waals surface area contributed by atoms with Crippen LogP contribution in [0.2, 0.25) is 0 Å². The molecule has 2 aromatic heterocycles. The molecule has 172 valence electrons. The summed E-state index contributed by atoms with van der Waals surface area (Å²) in [6, 6.07) is 15.6. The second-order valence-electron chi connectivity index (χ2n) is 8.22. The van der Waals surface area contributed by atoms with Gasteiger partial charge in [-0.15, -0.1) is 5.10 Å². The monoisotopic (exact) mass is 459 g/mol. The van der Waals surface area contributed by atoms with Gasteiger partial charge in [-0.05, 0) is 24.5 Å². The van der Waals surface area contributed by atoms with Crippen LogP contribution in [0.5, 0.6) is 0 Å². The summed E-state index contributed by atoms with van der Waals surface area (Å²) in [6.07, 6.45) is 1.40. The lowest BCUT2D eigenvalue weighted by Gasteiger charge is -2.32. The summed E-state index contributed by atoms with van der Waals surface area (Å²) in [5, 5.41) is 19.5. The van der Waals surface area contributed by atoms with E-state index in [0.717, 1.165) is 12.0 Å². The van der Waals surface area contributed by atoms with E-state index in [9.17, 15) is 19.7 Å². The summed E-state index contributed by atoms with van der Waals surface area (Å²) in [6.45, 7) is 1.18. The Balaban J connectivity index is 1.43. The van der Waals surface area contributed by atoms with Gasteiger partial charge >= 0.3 is 0 Å². The second kappa shape index (κ2) is 8.85. The van der Waals surface area contributed by atoms with Gasteiger partial charge in [0, 0.05) is 25.1 Å². The summed E-state index contributed by atoms with van der Waals surface area (Å²) in [7, 11) is 0. The molecule has 0 saturated carbocycles. The number of benzene rings is 2. The zero-order valence-corrected chi connectivity index (χ0v) is 18.1. The highest BCUT2D eigenvalue weighted by molar-refractivity contribution is 5.98. The molecule has 0 bridgehead atoms. The van der Waals surface area contributed by atoms with Gasteiger partial charge in [-0.25, -0.2) is 9.67 Å². The van der Waals surface area contributed by atoms with Gasteiger partial charge in [-0.2, -0.15) is 0 Å². The maximum absolute atomic E-state index is 13.1. The number of nitro benzene ring substituents is 1. The van der Waals surface area contributed by atoms with Gasteiger partial charge in [0.15, 0.2) is 11.2 Å². The highest BCUT2D eigenvalue weighted by atomic mass is 16.6. The van der Waals surface area contributed by atoms with Crippen LogP contribution in [0.4, 0.5) is 5.69 Å². The number of likely N-dealkylation sites (tertiary alicyclic amines) is 1. The first kappa shape index (κ1) is 21.4. The van der Waals surface area contributed by atoms with Crippen molar-refractivity contribution < 1.29 is 9.72 Å². The van der Waals surface area contributed by atoms with Crippen molar-refractivity contribution >= 4 is 22.8 Å². The van der Waals surface area contributed by atoms with Gasteiger partial charge < -0.3 is 9.88 Å². The molecule has 11 nitrogen and oxygen atoms in total. The van der Waals surface area contributed by atoms with Gasteiger partial charge in [0.05, 0.1) is 11.5 Å². The number of hydrogen-bond donors (Lipinski definition) is 1. The van der Waals surface area contributed by atoms with E-state index in [0.29, 0.717) is 37.5 Å². The summed E-state index contributed by atoms with van der Waals surface area (Å²) in [4.78, 5) is 45.7. The fourth-order valence-corrected chi connectivity index (χ4v) is 4.31. The molecule has 2 aromatic carbocycles. The van der Waals surface area contributed by atoms with Crippen LogP contribution >= 0.6 is 0 Å². The number of hydrogen-bond acceptors (Lipinski definition) is 7. The number of rotatable bonds is 5. The number of aromatic amines is 1. The predicted molar refractivity (Wildman–Crippen MR) is 122 cm³/mol. The number of piperidine rings is 1. The third-order valence-electron chi connectivity index (χ3n) is 5.99. The van der Waals surface area contributed by atoms with E-state index in [1.807, 2.05) is 30.3 Å². The first-order valence-electron chi connectivity index (χ1n) is 10.9. The molecule has 1 aliphatic rings. The molecule has 1 fully saturated rings. The quantitative estimate of drug-likeness (QED) is 0.357. The molecule has 5 rings (SSSR count). The number of carbonyl (C=O) groups is 1. The van der Waals surface area contributed by atoms with Crippen molar-refractivity contribution in [3.8, 4) is 0 Å². The van der Waals surface area contributed by atoms with Gasteiger partial charge in [0.1, 0.15) is 11.4 Å². The van der Waals surface area contributed by atoms with Crippen LogP contribution in [-0.2, 0) is 6.54 Å². The number of nitrogens with one attached hydrogen (secondary N) is 1. The summed E-state index contributed by atoms with van der Waals surface area (Å²) in [5.74, 6) is -0.178. The van der Waals surface area contributed by atoms with E-state index >= 15 is 0 Å². The summed E-state index contributed by atoms with van der Waals surface area (Å²) < 4.78 is 1.59. The molecule has 1 aliphatic heterocycles. The number of para-hydroxylation sites is 1. The van der Waals surface area contributed by atoms with E-state index in [4.69, 9.17) is 0 Å². The fourth-order valence-electron chi connectivity index (χ4n) is 4.31. The lowest BCUT2D eigenvalue weighted by molar-refractivity contribution is -0.385. The minimum absolute atomic E-state index is 0.0511. The Morgan fingerprint density at radius 2 is 1.91 bits per heavy atom. The molecular weight excluding hydrogens is 438 g/mol. The largest absolute Gasteiger partial charge is 0.338 e. The first-order chi connectivity index (χ1) is 16.5. The smallest absolute Gasteiger partial charge is 0.282 e. The third kappa shape index (κ3) is 4.03. The Hall–Kier alpha value is -4.41. The van der Waals surface area contributed by atoms with E-state index in [-0.39, 0.29) is 28.2 Å². The molecule has 3 heterocycles. The molecule has 1 atom stereocenters. The molecule has 1 saturated heterocycles. The maximum atomic E-state index is 13.1. The Bertz CT molecular complexity index is 1430. The molecule has 4 aromatic rings. The second-order valence-corrected chi connectivity index (χ2v) is 8.22. The van der Waals surface area contributed by atoms with Crippen LogP contribution in [0, 0.1) is 10.1 Å². The molecule has 0 unspecified atom stereocenters. The molecule has 34 heavy (non-hydrogen) atoms. The highest BCUT2D eigenvalue weighted by Crippen LogP contribution is 2.28. The van der Waals surface area contributed by atoms with E-state index in [1.54, 1.807) is 15.6 Å². The van der Waals surface area contributed by atoms with Crippen molar-refractivity contribution in [2.45, 2.75) is 25.3 Å². The number of aromatic nitrogens is 5. The SMILES string of the molecule is O=C(c1ccccc1[N+](=O)[O-])N1CCC[C@H](c2nc3c(nnn3Cc3ccccc3)c(=O)[nH]2)C1. The minimum Gasteiger partial charge on any atom is -0.338 e. The minimum atomic E-state index is -0.553. The lowest BCUT2D eigenvalue weighted by Crippen LogP contribution is -2.40. The molecule has 1 N–H and O–H groups in total. The van der Waals surface area contributed by atoms with Gasteiger partial charge in [-0.1, -0.05) is 47.7 Å². The maximum Gasteiger partial charge on any atom is 0.282 e. The number of H-pyrrole nitrogens is 1. The third-order valence-corrected chi connectivity index (χ3v) is 5.99. The average molecular weight is 459 g/mol. The zero-order valence-electron chi connectivity index (χ0n) is 18.1. The van der Waals surface area contributed by atoms with Crippen LogP contribution in [-0.4, -0.2) is 53.8 Å².